The maximum Gasteiger partial charge on any atom is 0.0468 e. The van der Waals surface area contributed by atoms with E-state index in [-0.39, 0.29) is 0 Å². The number of aromatic nitrogens is 1. The lowest BCUT2D eigenvalue weighted by atomic mass is 10.0. The molecule has 2 aromatic carbocycles. The minimum absolute atomic E-state index is 0.547. The summed E-state index contributed by atoms with van der Waals surface area (Å²) < 4.78 is 0. The molecule has 1 heterocycles. The predicted molar refractivity (Wildman–Crippen MR) is 87.7 cm³/mol. The lowest BCUT2D eigenvalue weighted by Crippen LogP contribution is -1.89. The Bertz CT molecular complexity index is 740. The van der Waals surface area contributed by atoms with E-state index in [9.17, 15) is 0 Å². The maximum absolute atomic E-state index is 3.38. The second-order valence-electron chi connectivity index (χ2n) is 5.50. The molecular weight excluding hydrogens is 262 g/mol. The molecule has 1 N–H and O–H groups in total. The predicted octanol–water partition coefficient (Wildman–Crippen LogP) is 5.75. The topological polar surface area (TPSA) is 15.8 Å². The average Bonchev–Trinajstić information content (AvgIpc) is 2.81. The fourth-order valence-electron chi connectivity index (χ4n) is 2.47. The molecular formula is C18H19NS. The quantitative estimate of drug-likeness (QED) is 0.646. The van der Waals surface area contributed by atoms with Crippen molar-refractivity contribution >= 4 is 22.7 Å². The fraction of sp³-hybridized carbons (Fsp3) is 0.222. The highest BCUT2D eigenvalue weighted by Gasteiger charge is 2.10. The number of H-pyrrole nitrogens is 1. The van der Waals surface area contributed by atoms with Gasteiger partial charge in [-0.1, -0.05) is 55.9 Å². The van der Waals surface area contributed by atoms with E-state index >= 15 is 0 Å². The number of nitrogens with one attached hydrogen (secondary N) is 1. The minimum atomic E-state index is 0.547. The Hall–Kier alpha value is -1.67. The van der Waals surface area contributed by atoms with Crippen LogP contribution in [0, 0.1) is 6.92 Å². The molecule has 0 spiro atoms. The first kappa shape index (κ1) is 13.3. The summed E-state index contributed by atoms with van der Waals surface area (Å²) in [5.74, 6) is 0.547. The van der Waals surface area contributed by atoms with Gasteiger partial charge in [0, 0.05) is 26.9 Å². The molecule has 102 valence electrons. The Morgan fingerprint density at radius 2 is 1.80 bits per heavy atom. The smallest absolute Gasteiger partial charge is 0.0468 e. The van der Waals surface area contributed by atoms with Gasteiger partial charge in [-0.2, -0.15) is 0 Å². The van der Waals surface area contributed by atoms with E-state index in [4.69, 9.17) is 0 Å². The van der Waals surface area contributed by atoms with Gasteiger partial charge in [0.1, 0.15) is 0 Å². The monoisotopic (exact) mass is 281 g/mol. The summed E-state index contributed by atoms with van der Waals surface area (Å²) in [6.07, 6.45) is 2.12. The molecule has 0 saturated carbocycles. The summed E-state index contributed by atoms with van der Waals surface area (Å²) in [4.78, 5) is 6.03. The van der Waals surface area contributed by atoms with Crippen molar-refractivity contribution in [2.45, 2.75) is 36.5 Å². The number of hydrogen-bond acceptors (Lipinski definition) is 1. The molecule has 0 bridgehead atoms. The zero-order chi connectivity index (χ0) is 14.1. The van der Waals surface area contributed by atoms with Crippen molar-refractivity contribution in [1.29, 1.82) is 0 Å². The molecule has 1 nitrogen and oxygen atoms in total. The molecule has 0 aliphatic rings. The van der Waals surface area contributed by atoms with Crippen molar-refractivity contribution in [2.24, 2.45) is 0 Å². The zero-order valence-corrected chi connectivity index (χ0v) is 12.9. The van der Waals surface area contributed by atoms with Gasteiger partial charge < -0.3 is 4.98 Å². The van der Waals surface area contributed by atoms with Gasteiger partial charge in [0.05, 0.1) is 0 Å². The molecule has 0 saturated heterocycles. The first-order chi connectivity index (χ1) is 9.65. The van der Waals surface area contributed by atoms with Crippen molar-refractivity contribution in [3.8, 4) is 0 Å². The van der Waals surface area contributed by atoms with Gasteiger partial charge >= 0.3 is 0 Å². The van der Waals surface area contributed by atoms with E-state index in [1.807, 2.05) is 11.8 Å². The number of aryl methyl sites for hydroxylation is 1. The highest BCUT2D eigenvalue weighted by Crippen LogP contribution is 2.37. The standard InChI is InChI=1S/C18H19NS/c1-12(2)14-6-4-5-7-17(14)20-18-11-19-16-10-13(3)8-9-15(16)18/h4-12,19H,1-3H3. The molecule has 3 rings (SSSR count). The Morgan fingerprint density at radius 1 is 1.00 bits per heavy atom. The molecule has 0 fully saturated rings. The highest BCUT2D eigenvalue weighted by molar-refractivity contribution is 7.99. The van der Waals surface area contributed by atoms with Crippen LogP contribution in [0.4, 0.5) is 0 Å². The van der Waals surface area contributed by atoms with Crippen molar-refractivity contribution < 1.29 is 0 Å². The Balaban J connectivity index is 2.02. The number of rotatable bonds is 3. The molecule has 0 unspecified atom stereocenters. The van der Waals surface area contributed by atoms with Crippen LogP contribution in [-0.4, -0.2) is 4.98 Å². The molecule has 0 radical (unpaired) electrons. The number of fused-ring (bicyclic) bond motifs is 1. The van der Waals surface area contributed by atoms with Crippen molar-refractivity contribution in [3.63, 3.8) is 0 Å². The molecule has 1 aromatic heterocycles. The van der Waals surface area contributed by atoms with E-state index in [2.05, 4.69) is 74.4 Å². The maximum atomic E-state index is 3.38. The van der Waals surface area contributed by atoms with E-state index in [0.717, 1.165) is 0 Å². The lowest BCUT2D eigenvalue weighted by Gasteiger charge is -2.11. The van der Waals surface area contributed by atoms with Crippen LogP contribution in [0.5, 0.6) is 0 Å². The summed E-state index contributed by atoms with van der Waals surface area (Å²) in [5.41, 5.74) is 3.92. The zero-order valence-electron chi connectivity index (χ0n) is 12.1. The van der Waals surface area contributed by atoms with Crippen LogP contribution in [0.2, 0.25) is 0 Å². The first-order valence-electron chi connectivity index (χ1n) is 6.99. The minimum Gasteiger partial charge on any atom is -0.360 e. The molecule has 0 aliphatic carbocycles. The third-order valence-corrected chi connectivity index (χ3v) is 4.71. The summed E-state index contributed by atoms with van der Waals surface area (Å²) in [6, 6.07) is 15.3. The SMILES string of the molecule is Cc1ccc2c(Sc3ccccc3C(C)C)c[nH]c2c1. The van der Waals surface area contributed by atoms with E-state index in [1.165, 1.54) is 31.8 Å². The Kier molecular flexibility index (Phi) is 3.58. The fourth-order valence-corrected chi connectivity index (χ4v) is 3.68. The van der Waals surface area contributed by atoms with Crippen LogP contribution in [0.25, 0.3) is 10.9 Å². The molecule has 0 amide bonds. The van der Waals surface area contributed by atoms with Crippen LogP contribution in [0.15, 0.2) is 58.5 Å². The summed E-state index contributed by atoms with van der Waals surface area (Å²) >= 11 is 1.85. The summed E-state index contributed by atoms with van der Waals surface area (Å²) in [5, 5.41) is 1.30. The van der Waals surface area contributed by atoms with Gasteiger partial charge in [0.15, 0.2) is 0 Å². The number of aromatic amines is 1. The normalized spacial score (nSPS) is 11.4. The molecule has 0 aliphatic heterocycles. The van der Waals surface area contributed by atoms with Gasteiger partial charge in [-0.05, 0) is 36.1 Å². The van der Waals surface area contributed by atoms with E-state index in [0.29, 0.717) is 5.92 Å². The average molecular weight is 281 g/mol. The molecule has 20 heavy (non-hydrogen) atoms. The van der Waals surface area contributed by atoms with Crippen LogP contribution < -0.4 is 0 Å². The van der Waals surface area contributed by atoms with Crippen LogP contribution >= 0.6 is 11.8 Å². The third-order valence-electron chi connectivity index (χ3n) is 3.56. The summed E-state index contributed by atoms with van der Waals surface area (Å²) in [7, 11) is 0. The van der Waals surface area contributed by atoms with Gasteiger partial charge in [0.2, 0.25) is 0 Å². The van der Waals surface area contributed by atoms with Gasteiger partial charge in [-0.15, -0.1) is 0 Å². The van der Waals surface area contributed by atoms with Crippen LogP contribution in [-0.2, 0) is 0 Å². The molecule has 0 atom stereocenters. The largest absolute Gasteiger partial charge is 0.360 e. The highest BCUT2D eigenvalue weighted by atomic mass is 32.2. The van der Waals surface area contributed by atoms with E-state index in [1.54, 1.807) is 0 Å². The number of benzene rings is 2. The van der Waals surface area contributed by atoms with Crippen molar-refractivity contribution in [1.82, 2.24) is 4.98 Å². The van der Waals surface area contributed by atoms with Gasteiger partial charge in [0.25, 0.3) is 0 Å². The second-order valence-corrected chi connectivity index (χ2v) is 6.58. The third kappa shape index (κ3) is 2.48. The van der Waals surface area contributed by atoms with Crippen LogP contribution in [0.1, 0.15) is 30.9 Å². The van der Waals surface area contributed by atoms with Crippen molar-refractivity contribution in [2.75, 3.05) is 0 Å². The Morgan fingerprint density at radius 3 is 2.60 bits per heavy atom. The first-order valence-corrected chi connectivity index (χ1v) is 7.81. The number of hydrogen-bond donors (Lipinski definition) is 1. The van der Waals surface area contributed by atoms with Crippen LogP contribution in [0.3, 0.4) is 0 Å². The van der Waals surface area contributed by atoms with E-state index < -0.39 is 0 Å². The Labute approximate surface area is 124 Å². The molecule has 2 heteroatoms. The molecule has 3 aromatic rings. The second kappa shape index (κ2) is 5.37. The summed E-state index contributed by atoms with van der Waals surface area (Å²) in [6.45, 7) is 6.62. The lowest BCUT2D eigenvalue weighted by molar-refractivity contribution is 0.842. The van der Waals surface area contributed by atoms with Gasteiger partial charge in [-0.3, -0.25) is 0 Å². The van der Waals surface area contributed by atoms with Gasteiger partial charge in [-0.25, -0.2) is 0 Å². The van der Waals surface area contributed by atoms with Crippen molar-refractivity contribution in [3.05, 3.63) is 59.8 Å².